The summed E-state index contributed by atoms with van der Waals surface area (Å²) in [5.41, 5.74) is 5.89. The Labute approximate surface area is 143 Å². The van der Waals surface area contributed by atoms with Crippen LogP contribution in [0.2, 0.25) is 0 Å². The van der Waals surface area contributed by atoms with E-state index in [4.69, 9.17) is 5.73 Å². The van der Waals surface area contributed by atoms with Crippen molar-refractivity contribution in [2.24, 2.45) is 11.1 Å². The van der Waals surface area contributed by atoms with Crippen LogP contribution in [-0.2, 0) is 10.0 Å². The molecule has 126 valence electrons. The maximum atomic E-state index is 13.1. The summed E-state index contributed by atoms with van der Waals surface area (Å²) in [4.78, 5) is 4.40. The number of hydrogen-bond acceptors (Lipinski definition) is 4. The first-order valence-corrected chi connectivity index (χ1v) is 8.85. The van der Waals surface area contributed by atoms with E-state index < -0.39 is 10.0 Å². The van der Waals surface area contributed by atoms with E-state index in [0.29, 0.717) is 29.8 Å². The summed E-state index contributed by atoms with van der Waals surface area (Å²) < 4.78 is 27.7. The van der Waals surface area contributed by atoms with Crippen LogP contribution in [0.4, 0.5) is 0 Å². The van der Waals surface area contributed by atoms with Gasteiger partial charge in [-0.15, -0.1) is 12.4 Å². The van der Waals surface area contributed by atoms with Crippen molar-refractivity contribution in [2.75, 3.05) is 13.1 Å². The molecule has 1 saturated heterocycles. The molecule has 0 spiro atoms. The van der Waals surface area contributed by atoms with Crippen molar-refractivity contribution in [1.29, 1.82) is 0 Å². The highest BCUT2D eigenvalue weighted by atomic mass is 35.5. The third kappa shape index (κ3) is 3.21. The van der Waals surface area contributed by atoms with Crippen molar-refractivity contribution in [3.8, 4) is 0 Å². The van der Waals surface area contributed by atoms with Gasteiger partial charge >= 0.3 is 0 Å². The van der Waals surface area contributed by atoms with E-state index in [1.54, 1.807) is 34.9 Å². The van der Waals surface area contributed by atoms with E-state index in [-0.39, 0.29) is 23.9 Å². The number of rotatable bonds is 2. The van der Waals surface area contributed by atoms with Crippen LogP contribution in [0.1, 0.15) is 20.3 Å². The van der Waals surface area contributed by atoms with E-state index in [0.717, 1.165) is 5.39 Å². The molecule has 1 aromatic heterocycles. The van der Waals surface area contributed by atoms with E-state index in [1.165, 1.54) is 0 Å². The van der Waals surface area contributed by atoms with Crippen molar-refractivity contribution in [3.05, 3.63) is 36.7 Å². The lowest BCUT2D eigenvalue weighted by molar-refractivity contribution is 0.155. The fourth-order valence-corrected chi connectivity index (χ4v) is 4.83. The number of nitrogens with zero attached hydrogens (tertiary/aromatic N) is 2. The number of piperidine rings is 1. The lowest BCUT2D eigenvalue weighted by Gasteiger charge is -2.41. The van der Waals surface area contributed by atoms with Crippen LogP contribution in [0, 0.1) is 5.41 Å². The Morgan fingerprint density at radius 1 is 1.30 bits per heavy atom. The van der Waals surface area contributed by atoms with Crippen LogP contribution in [0.15, 0.2) is 41.6 Å². The van der Waals surface area contributed by atoms with Gasteiger partial charge in [0.05, 0.1) is 4.90 Å². The van der Waals surface area contributed by atoms with E-state index in [1.807, 2.05) is 19.9 Å². The molecule has 2 heterocycles. The van der Waals surface area contributed by atoms with Crippen molar-refractivity contribution < 1.29 is 8.42 Å². The topological polar surface area (TPSA) is 76.3 Å². The van der Waals surface area contributed by atoms with E-state index >= 15 is 0 Å². The summed E-state index contributed by atoms with van der Waals surface area (Å²) in [6, 6.07) is 7.08. The van der Waals surface area contributed by atoms with Gasteiger partial charge in [-0.2, -0.15) is 4.31 Å². The van der Waals surface area contributed by atoms with Gasteiger partial charge in [-0.25, -0.2) is 8.42 Å². The molecule has 1 unspecified atom stereocenters. The van der Waals surface area contributed by atoms with Crippen LogP contribution in [0.25, 0.3) is 10.8 Å². The molecule has 2 aromatic rings. The Bertz CT molecular complexity index is 803. The zero-order valence-corrected chi connectivity index (χ0v) is 14.9. The number of aromatic nitrogens is 1. The molecule has 1 aromatic carbocycles. The first kappa shape index (κ1) is 18.1. The fraction of sp³-hybridized carbons (Fsp3) is 0.438. The number of halogens is 1. The van der Waals surface area contributed by atoms with Gasteiger partial charge in [0, 0.05) is 42.3 Å². The van der Waals surface area contributed by atoms with Crippen LogP contribution in [0.3, 0.4) is 0 Å². The number of pyridine rings is 1. The molecule has 7 heteroatoms. The Morgan fingerprint density at radius 3 is 2.74 bits per heavy atom. The number of sulfonamides is 1. The third-order valence-electron chi connectivity index (χ3n) is 4.54. The molecule has 0 saturated carbocycles. The molecule has 0 amide bonds. The van der Waals surface area contributed by atoms with Gasteiger partial charge in [0.1, 0.15) is 0 Å². The monoisotopic (exact) mass is 355 g/mol. The number of hydrogen-bond donors (Lipinski definition) is 1. The second kappa shape index (κ2) is 6.36. The largest absolute Gasteiger partial charge is 0.327 e. The highest BCUT2D eigenvalue weighted by Gasteiger charge is 2.39. The second-order valence-corrected chi connectivity index (χ2v) is 8.48. The maximum Gasteiger partial charge on any atom is 0.243 e. The molecular weight excluding hydrogens is 334 g/mol. The molecule has 23 heavy (non-hydrogen) atoms. The zero-order chi connectivity index (χ0) is 16.0. The summed E-state index contributed by atoms with van der Waals surface area (Å²) in [5.74, 6) is 0. The number of fused-ring (bicyclic) bond motifs is 1. The minimum absolute atomic E-state index is 0. The first-order valence-electron chi connectivity index (χ1n) is 7.41. The average molecular weight is 356 g/mol. The Kier molecular flexibility index (Phi) is 5.01. The van der Waals surface area contributed by atoms with Crippen LogP contribution in [-0.4, -0.2) is 36.8 Å². The molecule has 1 atom stereocenters. The second-order valence-electron chi connectivity index (χ2n) is 6.58. The SMILES string of the molecule is CC1(C)CN(S(=O)(=O)c2cccc3cnccc23)CCC1N.Cl. The minimum atomic E-state index is -3.53. The molecule has 0 bridgehead atoms. The quantitative estimate of drug-likeness (QED) is 0.897. The fourth-order valence-electron chi connectivity index (χ4n) is 2.99. The number of nitrogens with two attached hydrogens (primary N) is 1. The summed E-state index contributed by atoms with van der Waals surface area (Å²) in [6.45, 7) is 4.95. The highest BCUT2D eigenvalue weighted by molar-refractivity contribution is 7.89. The standard InChI is InChI=1S/C16H21N3O2S.ClH/c1-16(2)11-19(9-7-15(16)17)22(20,21)14-5-3-4-12-10-18-8-6-13(12)14;/h3-6,8,10,15H,7,9,11,17H2,1-2H3;1H. The Hall–Kier alpha value is -1.21. The minimum Gasteiger partial charge on any atom is -0.327 e. The van der Waals surface area contributed by atoms with Crippen LogP contribution < -0.4 is 5.73 Å². The molecule has 1 aliphatic heterocycles. The zero-order valence-electron chi connectivity index (χ0n) is 13.3. The van der Waals surface area contributed by atoms with Gasteiger partial charge in [0.25, 0.3) is 0 Å². The smallest absolute Gasteiger partial charge is 0.243 e. The van der Waals surface area contributed by atoms with Crippen LogP contribution in [0.5, 0.6) is 0 Å². The summed E-state index contributed by atoms with van der Waals surface area (Å²) in [6.07, 6.45) is 3.99. The summed E-state index contributed by atoms with van der Waals surface area (Å²) in [7, 11) is -3.53. The van der Waals surface area contributed by atoms with Crippen molar-refractivity contribution >= 4 is 33.2 Å². The lowest BCUT2D eigenvalue weighted by atomic mass is 9.81. The van der Waals surface area contributed by atoms with Gasteiger partial charge in [0.2, 0.25) is 10.0 Å². The maximum absolute atomic E-state index is 13.1. The van der Waals surface area contributed by atoms with Crippen molar-refractivity contribution in [3.63, 3.8) is 0 Å². The Morgan fingerprint density at radius 2 is 2.04 bits per heavy atom. The van der Waals surface area contributed by atoms with Crippen LogP contribution >= 0.6 is 12.4 Å². The van der Waals surface area contributed by atoms with E-state index in [2.05, 4.69) is 4.98 Å². The van der Waals surface area contributed by atoms with E-state index in [9.17, 15) is 8.42 Å². The van der Waals surface area contributed by atoms with Crippen molar-refractivity contribution in [1.82, 2.24) is 9.29 Å². The lowest BCUT2D eigenvalue weighted by Crippen LogP contribution is -2.53. The molecule has 2 N–H and O–H groups in total. The number of benzene rings is 1. The van der Waals surface area contributed by atoms with Crippen molar-refractivity contribution in [2.45, 2.75) is 31.2 Å². The van der Waals surface area contributed by atoms with Gasteiger partial charge in [-0.05, 0) is 24.0 Å². The molecular formula is C16H22ClN3O2S. The average Bonchev–Trinajstić information content (AvgIpc) is 2.49. The highest BCUT2D eigenvalue weighted by Crippen LogP contribution is 2.33. The van der Waals surface area contributed by atoms with Gasteiger partial charge in [-0.3, -0.25) is 4.98 Å². The first-order chi connectivity index (χ1) is 10.3. The molecule has 5 nitrogen and oxygen atoms in total. The molecule has 1 aliphatic rings. The molecule has 0 aliphatic carbocycles. The molecule has 0 radical (unpaired) electrons. The van der Waals surface area contributed by atoms with Gasteiger partial charge in [-0.1, -0.05) is 26.0 Å². The normalized spacial score (nSPS) is 21.8. The predicted molar refractivity (Wildman–Crippen MR) is 94.1 cm³/mol. The third-order valence-corrected chi connectivity index (χ3v) is 6.44. The summed E-state index contributed by atoms with van der Waals surface area (Å²) >= 11 is 0. The molecule has 3 rings (SSSR count). The summed E-state index contributed by atoms with van der Waals surface area (Å²) in [5, 5.41) is 1.54. The Balaban J connectivity index is 0.00000192. The molecule has 1 fully saturated rings. The van der Waals surface area contributed by atoms with Gasteiger partial charge < -0.3 is 5.73 Å². The van der Waals surface area contributed by atoms with Gasteiger partial charge in [0.15, 0.2) is 0 Å². The predicted octanol–water partition coefficient (Wildman–Crippen LogP) is 2.40.